The average molecular weight is 413 g/mol. The summed E-state index contributed by atoms with van der Waals surface area (Å²) in [6.07, 6.45) is 3.21. The zero-order valence-electron chi connectivity index (χ0n) is 15.4. The maximum absolute atomic E-state index is 12.8. The van der Waals surface area contributed by atoms with Crippen LogP contribution in [-0.2, 0) is 32.8 Å². The Hall–Kier alpha value is -1.75. The first kappa shape index (κ1) is 20.0. The summed E-state index contributed by atoms with van der Waals surface area (Å²) in [5.41, 5.74) is 1.74. The summed E-state index contributed by atoms with van der Waals surface area (Å²) in [6.45, 7) is 2.79. The van der Waals surface area contributed by atoms with Crippen molar-refractivity contribution in [3.05, 3.63) is 47.8 Å². The molecular weight excluding hydrogens is 388 g/mol. The van der Waals surface area contributed by atoms with Gasteiger partial charge >= 0.3 is 0 Å². The summed E-state index contributed by atoms with van der Waals surface area (Å²) in [7, 11) is -5.53. The van der Waals surface area contributed by atoms with Crippen LogP contribution in [0.3, 0.4) is 0 Å². The Morgan fingerprint density at radius 2 is 1.74 bits per heavy atom. The first-order chi connectivity index (χ1) is 12.7. The second-order valence-electron chi connectivity index (χ2n) is 6.75. The van der Waals surface area contributed by atoms with Crippen LogP contribution in [-0.4, -0.2) is 61.4 Å². The van der Waals surface area contributed by atoms with Gasteiger partial charge in [0.1, 0.15) is 4.90 Å². The van der Waals surface area contributed by atoms with E-state index in [1.807, 2.05) is 25.1 Å². The van der Waals surface area contributed by atoms with Gasteiger partial charge in [-0.15, -0.1) is 0 Å². The number of benzene rings is 1. The van der Waals surface area contributed by atoms with E-state index in [9.17, 15) is 16.8 Å². The van der Waals surface area contributed by atoms with Crippen LogP contribution in [0.1, 0.15) is 17.5 Å². The Balaban J connectivity index is 1.72. The SMILES string of the molecule is Cc1cccc(CS(=O)(=O)N2CCCN(S(=O)(=O)c3cnn(C)c3)CC2)c1. The molecule has 8 nitrogen and oxygen atoms in total. The van der Waals surface area contributed by atoms with Crippen LogP contribution in [0, 0.1) is 6.92 Å². The number of nitrogens with zero attached hydrogens (tertiary/aromatic N) is 4. The number of hydrogen-bond donors (Lipinski definition) is 0. The molecule has 1 aliphatic rings. The number of hydrogen-bond acceptors (Lipinski definition) is 5. The molecule has 1 aromatic carbocycles. The van der Waals surface area contributed by atoms with Gasteiger partial charge in [0.2, 0.25) is 20.0 Å². The van der Waals surface area contributed by atoms with Gasteiger partial charge in [0, 0.05) is 39.4 Å². The van der Waals surface area contributed by atoms with E-state index in [1.165, 1.54) is 25.7 Å². The smallest absolute Gasteiger partial charge is 0.246 e. The highest BCUT2D eigenvalue weighted by Crippen LogP contribution is 2.19. The lowest BCUT2D eigenvalue weighted by molar-refractivity contribution is 0.404. The normalized spacial score (nSPS) is 17.7. The van der Waals surface area contributed by atoms with E-state index in [0.717, 1.165) is 11.1 Å². The maximum Gasteiger partial charge on any atom is 0.246 e. The largest absolute Gasteiger partial charge is 0.274 e. The van der Waals surface area contributed by atoms with Gasteiger partial charge in [-0.3, -0.25) is 4.68 Å². The van der Waals surface area contributed by atoms with Crippen molar-refractivity contribution in [3.8, 4) is 0 Å². The fraction of sp³-hybridized carbons (Fsp3) is 0.471. The van der Waals surface area contributed by atoms with Crippen LogP contribution < -0.4 is 0 Å². The summed E-state index contributed by atoms with van der Waals surface area (Å²) < 4.78 is 55.2. The highest BCUT2D eigenvalue weighted by Gasteiger charge is 2.31. The third kappa shape index (κ3) is 4.57. The minimum atomic E-state index is -3.67. The number of aryl methyl sites for hydroxylation is 2. The maximum atomic E-state index is 12.8. The fourth-order valence-corrected chi connectivity index (χ4v) is 6.18. The molecule has 0 spiro atoms. The van der Waals surface area contributed by atoms with Crippen molar-refractivity contribution in [2.45, 2.75) is 24.0 Å². The van der Waals surface area contributed by atoms with E-state index in [-0.39, 0.29) is 30.3 Å². The summed E-state index contributed by atoms with van der Waals surface area (Å²) in [6, 6.07) is 7.41. The summed E-state index contributed by atoms with van der Waals surface area (Å²) in [4.78, 5) is 0.126. The van der Waals surface area contributed by atoms with Gasteiger partial charge in [0.25, 0.3) is 0 Å². The molecule has 0 aliphatic carbocycles. The molecule has 0 bridgehead atoms. The van der Waals surface area contributed by atoms with E-state index >= 15 is 0 Å². The zero-order valence-corrected chi connectivity index (χ0v) is 17.1. The molecule has 2 aromatic rings. The van der Waals surface area contributed by atoms with Gasteiger partial charge < -0.3 is 0 Å². The first-order valence-corrected chi connectivity index (χ1v) is 11.8. The first-order valence-electron chi connectivity index (χ1n) is 8.71. The highest BCUT2D eigenvalue weighted by molar-refractivity contribution is 7.89. The number of rotatable bonds is 5. The minimum Gasteiger partial charge on any atom is -0.274 e. The lowest BCUT2D eigenvalue weighted by atomic mass is 10.2. The number of aromatic nitrogens is 2. The molecule has 0 unspecified atom stereocenters. The summed E-state index contributed by atoms with van der Waals surface area (Å²) in [5.74, 6) is -0.0793. The molecule has 0 radical (unpaired) electrons. The molecule has 10 heteroatoms. The van der Waals surface area contributed by atoms with Crippen molar-refractivity contribution in [3.63, 3.8) is 0 Å². The van der Waals surface area contributed by atoms with Crippen molar-refractivity contribution in [2.75, 3.05) is 26.2 Å². The molecule has 27 heavy (non-hydrogen) atoms. The van der Waals surface area contributed by atoms with E-state index in [0.29, 0.717) is 13.0 Å². The third-order valence-corrected chi connectivity index (χ3v) is 8.26. The van der Waals surface area contributed by atoms with Gasteiger partial charge in [0.05, 0.1) is 11.9 Å². The predicted octanol–water partition coefficient (Wildman–Crippen LogP) is 0.955. The molecular formula is C17H24N4O4S2. The molecule has 0 atom stereocenters. The standard InChI is InChI=1S/C17H24N4O4S2/c1-15-5-3-6-16(11-15)14-26(22,23)20-7-4-8-21(10-9-20)27(24,25)17-12-18-19(2)13-17/h3,5-6,11-13H,4,7-10,14H2,1-2H3. The van der Waals surface area contributed by atoms with Crippen LogP contribution in [0.5, 0.6) is 0 Å². The minimum absolute atomic E-state index is 0.0793. The second kappa shape index (κ2) is 7.70. The van der Waals surface area contributed by atoms with Crippen LogP contribution >= 0.6 is 0 Å². The average Bonchev–Trinajstić information content (AvgIpc) is 2.87. The quantitative estimate of drug-likeness (QED) is 0.729. The van der Waals surface area contributed by atoms with Crippen LogP contribution in [0.15, 0.2) is 41.6 Å². The molecule has 1 aliphatic heterocycles. The monoisotopic (exact) mass is 412 g/mol. The highest BCUT2D eigenvalue weighted by atomic mass is 32.2. The summed E-state index contributed by atoms with van der Waals surface area (Å²) >= 11 is 0. The van der Waals surface area contributed by atoms with Gasteiger partial charge in [-0.2, -0.15) is 9.40 Å². The van der Waals surface area contributed by atoms with Crippen LogP contribution in [0.2, 0.25) is 0 Å². The van der Waals surface area contributed by atoms with Gasteiger partial charge in [0.15, 0.2) is 0 Å². The van der Waals surface area contributed by atoms with E-state index in [4.69, 9.17) is 0 Å². The molecule has 0 N–H and O–H groups in total. The Bertz CT molecular complexity index is 1020. The molecule has 2 heterocycles. The van der Waals surface area contributed by atoms with Crippen molar-refractivity contribution >= 4 is 20.0 Å². The lowest BCUT2D eigenvalue weighted by Gasteiger charge is -2.21. The van der Waals surface area contributed by atoms with Crippen molar-refractivity contribution in [1.29, 1.82) is 0 Å². The van der Waals surface area contributed by atoms with Gasteiger partial charge in [-0.25, -0.2) is 21.1 Å². The predicted molar refractivity (Wildman–Crippen MR) is 102 cm³/mol. The molecule has 1 aromatic heterocycles. The van der Waals surface area contributed by atoms with Crippen molar-refractivity contribution in [1.82, 2.24) is 18.4 Å². The van der Waals surface area contributed by atoms with E-state index < -0.39 is 20.0 Å². The molecule has 1 saturated heterocycles. The Morgan fingerprint density at radius 1 is 1.04 bits per heavy atom. The Morgan fingerprint density at radius 3 is 2.41 bits per heavy atom. The van der Waals surface area contributed by atoms with E-state index in [1.54, 1.807) is 13.1 Å². The van der Waals surface area contributed by atoms with Crippen molar-refractivity contribution in [2.24, 2.45) is 7.05 Å². The number of sulfonamides is 2. The lowest BCUT2D eigenvalue weighted by Crippen LogP contribution is -2.37. The van der Waals surface area contributed by atoms with Crippen LogP contribution in [0.4, 0.5) is 0 Å². The summed E-state index contributed by atoms with van der Waals surface area (Å²) in [5, 5.41) is 3.91. The van der Waals surface area contributed by atoms with Crippen LogP contribution in [0.25, 0.3) is 0 Å². The second-order valence-corrected chi connectivity index (χ2v) is 10.7. The van der Waals surface area contributed by atoms with E-state index in [2.05, 4.69) is 5.10 Å². The fourth-order valence-electron chi connectivity index (χ4n) is 3.17. The molecule has 1 fully saturated rings. The molecule has 3 rings (SSSR count). The third-order valence-electron chi connectivity index (χ3n) is 4.56. The molecule has 0 saturated carbocycles. The van der Waals surface area contributed by atoms with Gasteiger partial charge in [-0.05, 0) is 18.9 Å². The Labute approximate surface area is 160 Å². The topological polar surface area (TPSA) is 92.6 Å². The molecule has 0 amide bonds. The van der Waals surface area contributed by atoms with Gasteiger partial charge in [-0.1, -0.05) is 29.8 Å². The zero-order chi connectivity index (χ0) is 19.7. The Kier molecular flexibility index (Phi) is 5.71. The van der Waals surface area contributed by atoms with Crippen molar-refractivity contribution < 1.29 is 16.8 Å². The molecule has 148 valence electrons.